The fraction of sp³-hybridized carbons (Fsp3) is 0.368. The Morgan fingerprint density at radius 2 is 2.11 bits per heavy atom. The van der Waals surface area contributed by atoms with E-state index < -0.39 is 0 Å². The number of fused-ring (bicyclic) bond motifs is 2. The number of nitrogens with two attached hydrogens (primary N) is 1. The van der Waals surface area contributed by atoms with Crippen molar-refractivity contribution in [1.82, 2.24) is 24.8 Å². The number of anilines is 1. The highest BCUT2D eigenvalue weighted by Crippen LogP contribution is 2.36. The van der Waals surface area contributed by atoms with E-state index in [0.717, 1.165) is 18.0 Å². The highest BCUT2D eigenvalue weighted by molar-refractivity contribution is 14.1. The summed E-state index contributed by atoms with van der Waals surface area (Å²) in [5, 5.41) is 3.72. The molecule has 9 heteroatoms. The van der Waals surface area contributed by atoms with Crippen molar-refractivity contribution < 1.29 is 4.79 Å². The monoisotopic (exact) mass is 508 g/mol. The summed E-state index contributed by atoms with van der Waals surface area (Å²) < 4.78 is 3.23. The Morgan fingerprint density at radius 1 is 1.32 bits per heavy atom. The first kappa shape index (κ1) is 19.4. The summed E-state index contributed by atoms with van der Waals surface area (Å²) in [6.07, 6.45) is 5.44. The number of nitrogens with zero attached hydrogens (tertiary/aromatic N) is 4. The van der Waals surface area contributed by atoms with Gasteiger partial charge in [-0.1, -0.05) is 18.7 Å². The Labute approximate surface area is 181 Å². The van der Waals surface area contributed by atoms with Gasteiger partial charge < -0.3 is 15.6 Å². The van der Waals surface area contributed by atoms with Crippen LogP contribution in [0, 0.1) is 3.57 Å². The molecule has 146 valence electrons. The summed E-state index contributed by atoms with van der Waals surface area (Å²) in [7, 11) is 0. The maximum absolute atomic E-state index is 11.6. The number of hydrogen-bond acceptors (Lipinski definition) is 6. The third-order valence-corrected chi connectivity index (χ3v) is 7.16. The molecule has 0 unspecified atom stereocenters. The van der Waals surface area contributed by atoms with Crippen molar-refractivity contribution in [3.05, 3.63) is 33.2 Å². The molecular formula is C19H21IN6OS. The van der Waals surface area contributed by atoms with Gasteiger partial charge in [0.1, 0.15) is 6.33 Å². The van der Waals surface area contributed by atoms with Crippen LogP contribution < -0.4 is 11.1 Å². The number of nitrogen functional groups attached to an aromatic ring is 1. The summed E-state index contributed by atoms with van der Waals surface area (Å²) >= 11 is 4.01. The Kier molecular flexibility index (Phi) is 5.72. The lowest BCUT2D eigenvalue weighted by Crippen LogP contribution is -2.26. The van der Waals surface area contributed by atoms with Crippen LogP contribution in [0.5, 0.6) is 0 Å². The molecule has 0 saturated heterocycles. The fourth-order valence-electron chi connectivity index (χ4n) is 3.39. The summed E-state index contributed by atoms with van der Waals surface area (Å²) in [5.74, 6) is 0.396. The molecule has 0 atom stereocenters. The van der Waals surface area contributed by atoms with Crippen molar-refractivity contribution >= 4 is 57.2 Å². The molecule has 7 nitrogen and oxygen atoms in total. The van der Waals surface area contributed by atoms with E-state index in [2.05, 4.69) is 50.0 Å². The van der Waals surface area contributed by atoms with Crippen LogP contribution in [0.1, 0.15) is 30.9 Å². The molecule has 28 heavy (non-hydrogen) atoms. The molecular weight excluding hydrogens is 487 g/mol. The molecule has 1 amide bonds. The Morgan fingerprint density at radius 3 is 2.89 bits per heavy atom. The van der Waals surface area contributed by atoms with Crippen LogP contribution in [-0.2, 0) is 24.2 Å². The van der Waals surface area contributed by atoms with E-state index >= 15 is 0 Å². The molecule has 3 N–H and O–H groups in total. The van der Waals surface area contributed by atoms with Gasteiger partial charge in [0, 0.05) is 28.0 Å². The molecule has 4 rings (SSSR count). The molecule has 2 heterocycles. The Hall–Kier alpha value is -1.88. The molecule has 2 aromatic heterocycles. The quantitative estimate of drug-likeness (QED) is 0.497. The minimum Gasteiger partial charge on any atom is -0.382 e. The molecule has 1 aliphatic carbocycles. The number of benzene rings is 1. The molecule has 3 aromatic rings. The zero-order chi connectivity index (χ0) is 19.7. The van der Waals surface area contributed by atoms with E-state index in [1.54, 1.807) is 11.8 Å². The SMILES string of the molecule is CCC(=O)NCCn1c(Sc2cc3c(cc2I)CCC3)nc2c(N)ncnc21. The van der Waals surface area contributed by atoms with Crippen LogP contribution in [0.2, 0.25) is 0 Å². The standard InChI is InChI=1S/C19H21IN6OS/c1-2-15(27)22-6-7-26-18-16(17(21)23-10-24-18)25-19(26)28-14-9-12-5-3-4-11(12)8-13(14)20/h8-10H,2-7H2,1H3,(H,22,27)(H2,21,23,24). The van der Waals surface area contributed by atoms with Crippen LogP contribution in [-0.4, -0.2) is 32.0 Å². The van der Waals surface area contributed by atoms with Gasteiger partial charge in [-0.25, -0.2) is 15.0 Å². The number of carbonyl (C=O) groups is 1. The van der Waals surface area contributed by atoms with Crippen LogP contribution >= 0.6 is 34.4 Å². The first-order chi connectivity index (χ1) is 13.6. The number of aryl methyl sites for hydroxylation is 2. The highest BCUT2D eigenvalue weighted by Gasteiger charge is 2.19. The fourth-order valence-corrected chi connectivity index (χ4v) is 5.23. The van der Waals surface area contributed by atoms with E-state index in [9.17, 15) is 4.79 Å². The van der Waals surface area contributed by atoms with E-state index in [-0.39, 0.29) is 5.91 Å². The topological polar surface area (TPSA) is 98.7 Å². The van der Waals surface area contributed by atoms with Crippen LogP contribution in [0.4, 0.5) is 5.82 Å². The van der Waals surface area contributed by atoms with Crippen molar-refractivity contribution in [2.75, 3.05) is 12.3 Å². The van der Waals surface area contributed by atoms with Gasteiger partial charge in [0.2, 0.25) is 5.91 Å². The number of rotatable bonds is 6. The lowest BCUT2D eigenvalue weighted by atomic mass is 10.1. The molecule has 0 bridgehead atoms. The van der Waals surface area contributed by atoms with Gasteiger partial charge in [-0.05, 0) is 65.1 Å². The molecule has 0 saturated carbocycles. The predicted octanol–water partition coefficient (Wildman–Crippen LogP) is 3.18. The van der Waals surface area contributed by atoms with E-state index in [4.69, 9.17) is 10.7 Å². The maximum Gasteiger partial charge on any atom is 0.219 e. The van der Waals surface area contributed by atoms with Crippen LogP contribution in [0.15, 0.2) is 28.5 Å². The predicted molar refractivity (Wildman–Crippen MR) is 118 cm³/mol. The molecule has 0 spiro atoms. The molecule has 1 aromatic carbocycles. The van der Waals surface area contributed by atoms with E-state index in [1.165, 1.54) is 32.3 Å². The van der Waals surface area contributed by atoms with Gasteiger partial charge in [-0.15, -0.1) is 0 Å². The van der Waals surface area contributed by atoms with Gasteiger partial charge in [-0.3, -0.25) is 4.79 Å². The van der Waals surface area contributed by atoms with Crippen molar-refractivity contribution in [1.29, 1.82) is 0 Å². The van der Waals surface area contributed by atoms with Crippen molar-refractivity contribution in [2.24, 2.45) is 0 Å². The number of hydrogen-bond donors (Lipinski definition) is 2. The Balaban J connectivity index is 1.69. The average molecular weight is 508 g/mol. The molecule has 0 fully saturated rings. The van der Waals surface area contributed by atoms with Gasteiger partial charge >= 0.3 is 0 Å². The summed E-state index contributed by atoms with van der Waals surface area (Å²) in [5.41, 5.74) is 10.2. The third kappa shape index (κ3) is 3.82. The van der Waals surface area contributed by atoms with Gasteiger partial charge in [0.05, 0.1) is 0 Å². The van der Waals surface area contributed by atoms with Gasteiger partial charge in [0.15, 0.2) is 22.1 Å². The lowest BCUT2D eigenvalue weighted by Gasteiger charge is -2.11. The molecule has 0 aliphatic heterocycles. The second kappa shape index (κ2) is 8.24. The normalized spacial score (nSPS) is 13.1. The average Bonchev–Trinajstić information content (AvgIpc) is 3.27. The van der Waals surface area contributed by atoms with E-state index in [0.29, 0.717) is 36.5 Å². The zero-order valence-electron chi connectivity index (χ0n) is 15.5. The zero-order valence-corrected chi connectivity index (χ0v) is 18.5. The summed E-state index contributed by atoms with van der Waals surface area (Å²) in [4.78, 5) is 26.0. The van der Waals surface area contributed by atoms with Gasteiger partial charge in [-0.2, -0.15) is 0 Å². The van der Waals surface area contributed by atoms with Crippen LogP contribution in [0.3, 0.4) is 0 Å². The first-order valence-corrected chi connectivity index (χ1v) is 11.2. The smallest absolute Gasteiger partial charge is 0.219 e. The third-order valence-electron chi connectivity index (χ3n) is 4.85. The van der Waals surface area contributed by atoms with Crippen molar-refractivity contribution in [3.8, 4) is 0 Å². The lowest BCUT2D eigenvalue weighted by molar-refractivity contribution is -0.120. The molecule has 0 radical (unpaired) electrons. The van der Waals surface area contributed by atoms with Crippen molar-refractivity contribution in [3.63, 3.8) is 0 Å². The maximum atomic E-state index is 11.6. The summed E-state index contributed by atoms with van der Waals surface area (Å²) in [6, 6.07) is 4.57. The minimum absolute atomic E-state index is 0.0286. The second-order valence-electron chi connectivity index (χ2n) is 6.69. The largest absolute Gasteiger partial charge is 0.382 e. The summed E-state index contributed by atoms with van der Waals surface area (Å²) in [6.45, 7) is 2.92. The first-order valence-electron chi connectivity index (χ1n) is 9.29. The van der Waals surface area contributed by atoms with E-state index in [1.807, 2.05) is 11.5 Å². The highest BCUT2D eigenvalue weighted by atomic mass is 127. The Bertz CT molecular complexity index is 1050. The number of nitrogens with one attached hydrogen (secondary N) is 1. The number of aromatic nitrogens is 4. The number of amides is 1. The second-order valence-corrected chi connectivity index (χ2v) is 8.86. The number of imidazole rings is 1. The number of carbonyl (C=O) groups excluding carboxylic acids is 1. The number of halogens is 1. The minimum atomic E-state index is 0.0286. The molecule has 1 aliphatic rings. The van der Waals surface area contributed by atoms with Crippen LogP contribution in [0.25, 0.3) is 11.2 Å². The van der Waals surface area contributed by atoms with Crippen molar-refractivity contribution in [2.45, 2.75) is 49.2 Å². The van der Waals surface area contributed by atoms with Gasteiger partial charge in [0.25, 0.3) is 0 Å².